The smallest absolute Gasteiger partial charge is 0.254 e. The molecule has 0 bridgehead atoms. The van der Waals surface area contributed by atoms with Crippen LogP contribution in [0.2, 0.25) is 0 Å². The third-order valence-electron chi connectivity index (χ3n) is 7.14. The fraction of sp³-hybridized carbons (Fsp3) is 0.462. The van der Waals surface area contributed by atoms with E-state index in [-0.39, 0.29) is 5.56 Å². The van der Waals surface area contributed by atoms with Gasteiger partial charge in [-0.05, 0) is 43.2 Å². The molecular weight excluding hydrogens is 468 g/mol. The molecule has 6 atom stereocenters. The van der Waals surface area contributed by atoms with Crippen LogP contribution in [0.25, 0.3) is 22.3 Å². The van der Waals surface area contributed by atoms with Gasteiger partial charge in [0.05, 0.1) is 43.3 Å². The molecule has 0 saturated carbocycles. The quantitative estimate of drug-likeness (QED) is 0.306. The first-order chi connectivity index (χ1) is 17.3. The van der Waals surface area contributed by atoms with Crippen LogP contribution in [0, 0.1) is 6.92 Å². The van der Waals surface area contributed by atoms with Gasteiger partial charge in [-0.25, -0.2) is 4.98 Å². The minimum atomic E-state index is -1.55. The van der Waals surface area contributed by atoms with Gasteiger partial charge in [-0.3, -0.25) is 4.79 Å². The SMILES string of the molecule is CC[C@H](O[C@@H]1O[C@H](CO)[C@@H](O)[C@H](O)[C@H]1O)c1cc2n(c(=O)c1C)Cc1cc3c(OC)cccc3nc1-2. The summed E-state index contributed by atoms with van der Waals surface area (Å²) in [4.78, 5) is 18.2. The zero-order chi connectivity index (χ0) is 25.7. The summed E-state index contributed by atoms with van der Waals surface area (Å²) in [5.41, 5.74) is 3.96. The number of aromatic nitrogens is 2. The van der Waals surface area contributed by atoms with Crippen molar-refractivity contribution in [2.75, 3.05) is 13.7 Å². The number of pyridine rings is 2. The number of hydrogen-bond donors (Lipinski definition) is 4. The van der Waals surface area contributed by atoms with Gasteiger partial charge in [-0.15, -0.1) is 0 Å². The first-order valence-corrected chi connectivity index (χ1v) is 12.0. The lowest BCUT2D eigenvalue weighted by Gasteiger charge is -2.41. The Kier molecular flexibility index (Phi) is 6.58. The molecule has 4 N–H and O–H groups in total. The zero-order valence-corrected chi connectivity index (χ0v) is 20.3. The van der Waals surface area contributed by atoms with Gasteiger partial charge in [0.15, 0.2) is 6.29 Å². The molecule has 2 aliphatic rings. The molecule has 1 aromatic carbocycles. The highest BCUT2D eigenvalue weighted by atomic mass is 16.7. The van der Waals surface area contributed by atoms with Crippen LogP contribution < -0.4 is 10.3 Å². The summed E-state index contributed by atoms with van der Waals surface area (Å²) < 4.78 is 18.7. The van der Waals surface area contributed by atoms with E-state index in [1.54, 1.807) is 18.6 Å². The van der Waals surface area contributed by atoms with Gasteiger partial charge < -0.3 is 39.2 Å². The zero-order valence-electron chi connectivity index (χ0n) is 20.3. The molecule has 1 saturated heterocycles. The van der Waals surface area contributed by atoms with Gasteiger partial charge in [0.1, 0.15) is 30.2 Å². The van der Waals surface area contributed by atoms with Crippen molar-refractivity contribution in [2.24, 2.45) is 0 Å². The fourth-order valence-electron chi connectivity index (χ4n) is 5.09. The predicted molar refractivity (Wildman–Crippen MR) is 130 cm³/mol. The molecule has 0 aliphatic carbocycles. The monoisotopic (exact) mass is 498 g/mol. The maximum Gasteiger partial charge on any atom is 0.254 e. The van der Waals surface area contributed by atoms with Gasteiger partial charge in [-0.1, -0.05) is 13.0 Å². The number of benzene rings is 1. The van der Waals surface area contributed by atoms with Crippen LogP contribution in [0.5, 0.6) is 5.75 Å². The van der Waals surface area contributed by atoms with Crippen LogP contribution in [0.15, 0.2) is 35.1 Å². The Morgan fingerprint density at radius 1 is 1.19 bits per heavy atom. The van der Waals surface area contributed by atoms with Gasteiger partial charge in [-0.2, -0.15) is 0 Å². The van der Waals surface area contributed by atoms with Crippen molar-refractivity contribution in [3.05, 3.63) is 57.4 Å². The second-order valence-corrected chi connectivity index (χ2v) is 9.25. The van der Waals surface area contributed by atoms with Gasteiger partial charge in [0, 0.05) is 16.5 Å². The van der Waals surface area contributed by atoms with E-state index in [4.69, 9.17) is 19.2 Å². The Morgan fingerprint density at radius 2 is 1.97 bits per heavy atom. The molecule has 4 heterocycles. The highest BCUT2D eigenvalue weighted by molar-refractivity contribution is 5.89. The number of hydrogen-bond acceptors (Lipinski definition) is 9. The maximum absolute atomic E-state index is 13.4. The van der Waals surface area contributed by atoms with Gasteiger partial charge in [0.2, 0.25) is 0 Å². The molecular formula is C26H30N2O8. The number of nitrogens with zero attached hydrogens (tertiary/aromatic N) is 2. The van der Waals surface area contributed by atoms with Gasteiger partial charge in [0.25, 0.3) is 5.56 Å². The Labute approximate surface area is 207 Å². The summed E-state index contributed by atoms with van der Waals surface area (Å²) in [6, 6.07) is 9.50. The average molecular weight is 499 g/mol. The van der Waals surface area contributed by atoms with Crippen LogP contribution in [-0.4, -0.2) is 74.4 Å². The topological polar surface area (TPSA) is 144 Å². The average Bonchev–Trinajstić information content (AvgIpc) is 3.25. The number of methoxy groups -OCH3 is 1. The highest BCUT2D eigenvalue weighted by Gasteiger charge is 2.45. The molecule has 0 radical (unpaired) electrons. The number of aliphatic hydroxyl groups excluding tert-OH is 4. The minimum Gasteiger partial charge on any atom is -0.496 e. The van der Waals surface area contributed by atoms with Crippen molar-refractivity contribution in [2.45, 2.75) is 63.6 Å². The molecule has 5 rings (SSSR count). The second kappa shape index (κ2) is 9.55. The van der Waals surface area contributed by atoms with Crippen molar-refractivity contribution in [1.82, 2.24) is 9.55 Å². The Morgan fingerprint density at radius 3 is 2.67 bits per heavy atom. The molecule has 0 amide bonds. The van der Waals surface area contributed by atoms with Crippen molar-refractivity contribution in [1.29, 1.82) is 0 Å². The number of aliphatic hydroxyl groups is 4. The molecule has 36 heavy (non-hydrogen) atoms. The second-order valence-electron chi connectivity index (χ2n) is 9.25. The van der Waals surface area contributed by atoms with E-state index in [0.29, 0.717) is 41.2 Å². The summed E-state index contributed by atoms with van der Waals surface area (Å²) in [7, 11) is 1.61. The van der Waals surface area contributed by atoms with Crippen molar-refractivity contribution in [3.63, 3.8) is 0 Å². The highest BCUT2D eigenvalue weighted by Crippen LogP contribution is 2.37. The lowest BCUT2D eigenvalue weighted by Crippen LogP contribution is -2.59. The summed E-state index contributed by atoms with van der Waals surface area (Å²) in [6.45, 7) is 3.42. The fourth-order valence-corrected chi connectivity index (χ4v) is 5.09. The Hall–Kier alpha value is -2.86. The third-order valence-corrected chi connectivity index (χ3v) is 7.14. The standard InChI is InChI=1S/C26H30N2O8/c1-4-18(35-26-24(32)23(31)22(30)20(11-29)36-26)14-9-17-21-13(10-28(17)25(33)12(14)2)8-15-16(27-21)6-5-7-19(15)34-3/h5-9,18,20,22-24,26,29-32H,4,10-11H2,1-3H3/t18-,20+,22+,23-,24+,26+/m0/s1. The van der Waals surface area contributed by atoms with Crippen LogP contribution in [-0.2, 0) is 16.0 Å². The van der Waals surface area contributed by atoms with E-state index in [1.807, 2.05) is 37.3 Å². The molecule has 2 aliphatic heterocycles. The third kappa shape index (κ3) is 3.90. The molecule has 192 valence electrons. The van der Waals surface area contributed by atoms with E-state index in [0.717, 1.165) is 16.5 Å². The first kappa shape index (κ1) is 24.8. The van der Waals surface area contributed by atoms with Crippen LogP contribution >= 0.6 is 0 Å². The Bertz CT molecular complexity index is 1350. The van der Waals surface area contributed by atoms with E-state index in [1.165, 1.54) is 0 Å². The molecule has 0 unspecified atom stereocenters. The lowest BCUT2D eigenvalue weighted by atomic mass is 9.98. The van der Waals surface area contributed by atoms with Crippen LogP contribution in [0.4, 0.5) is 0 Å². The van der Waals surface area contributed by atoms with Crippen molar-refractivity contribution >= 4 is 10.9 Å². The summed E-state index contributed by atoms with van der Waals surface area (Å²) in [6.07, 6.45) is -7.17. The Balaban J connectivity index is 1.54. The summed E-state index contributed by atoms with van der Waals surface area (Å²) in [5, 5.41) is 41.0. The van der Waals surface area contributed by atoms with E-state index >= 15 is 0 Å². The molecule has 1 fully saturated rings. The largest absolute Gasteiger partial charge is 0.496 e. The van der Waals surface area contributed by atoms with E-state index in [2.05, 4.69) is 0 Å². The van der Waals surface area contributed by atoms with Crippen molar-refractivity contribution in [3.8, 4) is 17.1 Å². The normalized spacial score (nSPS) is 26.0. The van der Waals surface area contributed by atoms with Gasteiger partial charge >= 0.3 is 0 Å². The lowest BCUT2D eigenvalue weighted by molar-refractivity contribution is -0.312. The number of fused-ring (bicyclic) bond motifs is 4. The number of rotatable bonds is 6. The van der Waals surface area contributed by atoms with Crippen molar-refractivity contribution < 1.29 is 34.6 Å². The van der Waals surface area contributed by atoms with Crippen LogP contribution in [0.3, 0.4) is 0 Å². The predicted octanol–water partition coefficient (Wildman–Crippen LogP) is 1.01. The molecule has 2 aromatic heterocycles. The summed E-state index contributed by atoms with van der Waals surface area (Å²) in [5.74, 6) is 0.710. The molecule has 10 heteroatoms. The van der Waals surface area contributed by atoms with E-state index in [9.17, 15) is 25.2 Å². The molecule has 10 nitrogen and oxygen atoms in total. The first-order valence-electron chi connectivity index (χ1n) is 12.0. The maximum atomic E-state index is 13.4. The summed E-state index contributed by atoms with van der Waals surface area (Å²) >= 11 is 0. The minimum absolute atomic E-state index is 0.174. The molecule has 0 spiro atoms. The molecule has 3 aromatic rings. The van der Waals surface area contributed by atoms with Crippen LogP contribution in [0.1, 0.15) is 36.1 Å². The van der Waals surface area contributed by atoms with E-state index < -0.39 is 43.4 Å². The number of ether oxygens (including phenoxy) is 3.